The van der Waals surface area contributed by atoms with Gasteiger partial charge in [0.1, 0.15) is 12.0 Å². The van der Waals surface area contributed by atoms with Crippen LogP contribution in [-0.2, 0) is 27.3 Å². The molecule has 2 aromatic carbocycles. The van der Waals surface area contributed by atoms with Gasteiger partial charge in [-0.3, -0.25) is 14.8 Å². The number of hydrazine groups is 1. The van der Waals surface area contributed by atoms with Crippen LogP contribution in [0.2, 0.25) is 0 Å². The highest BCUT2D eigenvalue weighted by Crippen LogP contribution is 2.48. The van der Waals surface area contributed by atoms with Gasteiger partial charge in [0.2, 0.25) is 5.91 Å². The summed E-state index contributed by atoms with van der Waals surface area (Å²) < 4.78 is 110. The van der Waals surface area contributed by atoms with Gasteiger partial charge in [-0.1, -0.05) is 36.3 Å². The highest BCUT2D eigenvalue weighted by molar-refractivity contribution is 7.85. The van der Waals surface area contributed by atoms with Gasteiger partial charge in [0.15, 0.2) is 0 Å². The summed E-state index contributed by atoms with van der Waals surface area (Å²) in [6.07, 6.45) is -5.41. The predicted octanol–water partition coefficient (Wildman–Crippen LogP) is 4.95. The van der Waals surface area contributed by atoms with Crippen LogP contribution in [0.1, 0.15) is 47.6 Å². The minimum absolute atomic E-state index is 0.0666. The van der Waals surface area contributed by atoms with Crippen molar-refractivity contribution in [3.8, 4) is 11.3 Å². The van der Waals surface area contributed by atoms with Crippen molar-refractivity contribution in [2.45, 2.75) is 54.9 Å². The SMILES string of the molecule is Cc1ccc(S(=O)(=O)O)cc1.NC(=O)C1=CC2(CCCC2c2ccc(C(F)(F)F)cc2-c2cc(C(F)(F)F)ncn2)NNC1. The molecule has 16 heteroatoms. The molecule has 0 bridgehead atoms. The van der Waals surface area contributed by atoms with E-state index in [0.29, 0.717) is 42.8 Å². The van der Waals surface area contributed by atoms with E-state index in [-0.39, 0.29) is 22.7 Å². The maximum absolute atomic E-state index is 13.5. The average molecular weight is 644 g/mol. The first-order valence-electron chi connectivity index (χ1n) is 13.1. The number of nitrogens with two attached hydrogens (primary N) is 1. The highest BCUT2D eigenvalue weighted by Gasteiger charge is 2.45. The molecule has 9 nitrogen and oxygen atoms in total. The highest BCUT2D eigenvalue weighted by atomic mass is 32.2. The Balaban J connectivity index is 0.000000339. The zero-order valence-corrected chi connectivity index (χ0v) is 23.8. The number of benzene rings is 2. The van der Waals surface area contributed by atoms with Gasteiger partial charge in [-0.05, 0) is 55.7 Å². The Labute approximate surface area is 248 Å². The van der Waals surface area contributed by atoms with Crippen molar-refractivity contribution >= 4 is 16.0 Å². The van der Waals surface area contributed by atoms with E-state index in [1.54, 1.807) is 18.2 Å². The van der Waals surface area contributed by atoms with Crippen LogP contribution < -0.4 is 16.6 Å². The molecule has 2 unspecified atom stereocenters. The second-order valence-electron chi connectivity index (χ2n) is 10.4. The Hall–Kier alpha value is -3.86. The predicted molar refractivity (Wildman–Crippen MR) is 146 cm³/mol. The first-order chi connectivity index (χ1) is 20.4. The van der Waals surface area contributed by atoms with Crippen LogP contribution in [0, 0.1) is 6.92 Å². The second-order valence-corrected chi connectivity index (χ2v) is 11.8. The molecule has 5 N–H and O–H groups in total. The van der Waals surface area contributed by atoms with Crippen molar-refractivity contribution in [3.63, 3.8) is 0 Å². The van der Waals surface area contributed by atoms with Crippen molar-refractivity contribution < 1.29 is 44.1 Å². The molecule has 1 aromatic heterocycles. The first-order valence-corrected chi connectivity index (χ1v) is 14.5. The molecule has 2 aliphatic rings. The lowest BCUT2D eigenvalue weighted by Crippen LogP contribution is -2.57. The summed E-state index contributed by atoms with van der Waals surface area (Å²) in [5, 5.41) is 0. The molecule has 1 saturated carbocycles. The van der Waals surface area contributed by atoms with Gasteiger partial charge in [-0.25, -0.2) is 15.4 Å². The normalized spacial score (nSPS) is 20.5. The Morgan fingerprint density at radius 3 is 2.30 bits per heavy atom. The fourth-order valence-electron chi connectivity index (χ4n) is 5.27. The number of rotatable bonds is 4. The lowest BCUT2D eigenvalue weighted by atomic mass is 9.77. The van der Waals surface area contributed by atoms with E-state index in [0.717, 1.165) is 17.7 Å². The molecular formula is C28H27F6N5O4S. The summed E-state index contributed by atoms with van der Waals surface area (Å²) >= 11 is 0. The third-order valence-corrected chi connectivity index (χ3v) is 8.23. The van der Waals surface area contributed by atoms with E-state index < -0.39 is 51.1 Å². The van der Waals surface area contributed by atoms with E-state index in [1.165, 1.54) is 18.2 Å². The summed E-state index contributed by atoms with van der Waals surface area (Å²) in [7, 11) is -4.02. The lowest BCUT2D eigenvalue weighted by Gasteiger charge is -2.39. The Bertz CT molecular complexity index is 1680. The van der Waals surface area contributed by atoms with Crippen molar-refractivity contribution in [1.82, 2.24) is 20.8 Å². The number of primary amides is 1. The summed E-state index contributed by atoms with van der Waals surface area (Å²) in [5.74, 6) is -1.09. The molecular weight excluding hydrogens is 616 g/mol. The van der Waals surface area contributed by atoms with Crippen LogP contribution in [0.5, 0.6) is 0 Å². The quantitative estimate of drug-likeness (QED) is 0.231. The molecule has 2 atom stereocenters. The summed E-state index contributed by atoms with van der Waals surface area (Å²) in [5.41, 5.74) is 9.62. The number of nitrogens with zero attached hydrogens (tertiary/aromatic N) is 2. The van der Waals surface area contributed by atoms with Crippen LogP contribution >= 0.6 is 0 Å². The summed E-state index contributed by atoms with van der Waals surface area (Å²) in [4.78, 5) is 18.7. The average Bonchev–Trinajstić information content (AvgIpc) is 3.33. The van der Waals surface area contributed by atoms with Gasteiger partial charge in [0, 0.05) is 23.6 Å². The van der Waals surface area contributed by atoms with Gasteiger partial charge in [0.25, 0.3) is 10.1 Å². The minimum atomic E-state index is -4.79. The van der Waals surface area contributed by atoms with Crippen molar-refractivity contribution in [1.29, 1.82) is 0 Å². The number of halogens is 6. The number of carbonyl (C=O) groups excluding carboxylic acids is 1. The van der Waals surface area contributed by atoms with Gasteiger partial charge < -0.3 is 5.73 Å². The molecule has 3 aromatic rings. The molecule has 236 valence electrons. The Morgan fingerprint density at radius 1 is 1.02 bits per heavy atom. The number of nitrogens with one attached hydrogen (secondary N) is 2. The van der Waals surface area contributed by atoms with E-state index in [4.69, 9.17) is 10.3 Å². The molecule has 1 amide bonds. The monoisotopic (exact) mass is 643 g/mol. The molecule has 0 radical (unpaired) electrons. The van der Waals surface area contributed by atoms with Crippen molar-refractivity contribution in [2.75, 3.05) is 6.54 Å². The van der Waals surface area contributed by atoms with Gasteiger partial charge in [0.05, 0.1) is 21.7 Å². The molecule has 44 heavy (non-hydrogen) atoms. The molecule has 1 aliphatic carbocycles. The van der Waals surface area contributed by atoms with E-state index in [1.807, 2.05) is 6.92 Å². The van der Waals surface area contributed by atoms with Crippen LogP contribution in [0.3, 0.4) is 0 Å². The first kappa shape index (κ1) is 33.0. The van der Waals surface area contributed by atoms with Crippen LogP contribution in [0.25, 0.3) is 11.3 Å². The van der Waals surface area contributed by atoms with Gasteiger partial charge in [-0.15, -0.1) is 0 Å². The number of hydrogen-bond acceptors (Lipinski definition) is 7. The summed E-state index contributed by atoms with van der Waals surface area (Å²) in [6, 6.07) is 9.59. The molecule has 5 rings (SSSR count). The van der Waals surface area contributed by atoms with Gasteiger partial charge >= 0.3 is 12.4 Å². The Morgan fingerprint density at radius 2 is 1.70 bits per heavy atom. The number of carbonyl (C=O) groups is 1. The summed E-state index contributed by atoms with van der Waals surface area (Å²) in [6.45, 7) is 2.01. The molecule has 2 heterocycles. The molecule has 0 saturated heterocycles. The van der Waals surface area contributed by atoms with Crippen LogP contribution in [-0.4, -0.2) is 40.9 Å². The third-order valence-electron chi connectivity index (χ3n) is 7.36. The smallest absolute Gasteiger partial charge is 0.366 e. The topological polar surface area (TPSA) is 147 Å². The van der Waals surface area contributed by atoms with Crippen molar-refractivity contribution in [3.05, 3.63) is 88.9 Å². The zero-order chi connectivity index (χ0) is 32.5. The van der Waals surface area contributed by atoms with Crippen molar-refractivity contribution in [2.24, 2.45) is 5.73 Å². The lowest BCUT2D eigenvalue weighted by molar-refractivity contribution is -0.141. The minimum Gasteiger partial charge on any atom is -0.366 e. The molecule has 1 aliphatic heterocycles. The number of amides is 1. The standard InChI is InChI=1S/C21H19F6N5O.C7H8O3S/c22-20(23,24)12-3-4-13(14(6-12)16-7-17(21(25,26)27)30-10-29-16)15-2-1-5-19(15)8-11(18(28)33)9-31-32-19;1-6-2-4-7(5-3-6)11(8,9)10/h3-4,6-8,10,15,31-32H,1-2,5,9H2,(H2,28,33);2-5H,1H3,(H,8,9,10). The number of hydrogen-bond donors (Lipinski definition) is 4. The fraction of sp³-hybridized carbons (Fsp3) is 0.321. The van der Waals surface area contributed by atoms with E-state index in [2.05, 4.69) is 20.8 Å². The van der Waals surface area contributed by atoms with E-state index >= 15 is 0 Å². The number of alkyl halides is 6. The fourth-order valence-corrected chi connectivity index (χ4v) is 5.75. The molecule has 1 fully saturated rings. The largest absolute Gasteiger partial charge is 0.433 e. The molecule has 1 spiro atoms. The second kappa shape index (κ2) is 12.3. The van der Waals surface area contributed by atoms with Gasteiger partial charge in [-0.2, -0.15) is 34.8 Å². The van der Waals surface area contributed by atoms with Crippen LogP contribution in [0.4, 0.5) is 26.3 Å². The maximum atomic E-state index is 13.5. The Kier molecular flexibility index (Phi) is 9.21. The third kappa shape index (κ3) is 7.43. The zero-order valence-electron chi connectivity index (χ0n) is 23.0. The number of aromatic nitrogens is 2. The maximum Gasteiger partial charge on any atom is 0.433 e. The number of aryl methyl sites for hydroxylation is 1. The van der Waals surface area contributed by atoms with Crippen LogP contribution in [0.15, 0.2) is 71.4 Å². The van der Waals surface area contributed by atoms with E-state index in [9.17, 15) is 39.6 Å².